The molecule has 0 aliphatic carbocycles. The molecule has 2 unspecified atom stereocenters. The van der Waals surface area contributed by atoms with Crippen LogP contribution in [0.25, 0.3) is 0 Å². The molecule has 0 aromatic heterocycles. The summed E-state index contributed by atoms with van der Waals surface area (Å²) in [6, 6.07) is 6.92. The summed E-state index contributed by atoms with van der Waals surface area (Å²) in [6.07, 6.45) is -0.326. The molecule has 2 fully saturated rings. The molecule has 2 aliphatic heterocycles. The van der Waals surface area contributed by atoms with Crippen LogP contribution in [-0.4, -0.2) is 81.2 Å². The molecular formula is C19H31N3O5S2. The van der Waals surface area contributed by atoms with E-state index in [1.54, 1.807) is 12.1 Å². The molecule has 164 valence electrons. The third-order valence-corrected chi connectivity index (χ3v) is 9.30. The highest BCUT2D eigenvalue weighted by Gasteiger charge is 2.38. The molecule has 0 N–H and O–H groups in total. The molecule has 2 aliphatic rings. The maximum absolute atomic E-state index is 13.0. The highest BCUT2D eigenvalue weighted by Crippen LogP contribution is 2.23. The molecule has 2 atom stereocenters. The Morgan fingerprint density at radius 2 is 1.31 bits per heavy atom. The number of hydrogen-bond acceptors (Lipinski definition) is 5. The van der Waals surface area contributed by atoms with E-state index in [9.17, 15) is 16.8 Å². The summed E-state index contributed by atoms with van der Waals surface area (Å²) in [5, 5.41) is 0. The van der Waals surface area contributed by atoms with Crippen molar-refractivity contribution in [2.45, 2.75) is 50.7 Å². The van der Waals surface area contributed by atoms with Gasteiger partial charge >= 0.3 is 0 Å². The minimum atomic E-state index is -3.64. The molecule has 3 rings (SSSR count). The van der Waals surface area contributed by atoms with Crippen molar-refractivity contribution in [3.8, 4) is 0 Å². The van der Waals surface area contributed by atoms with Gasteiger partial charge in [0.2, 0.25) is 10.0 Å². The molecule has 8 nitrogen and oxygen atoms in total. The van der Waals surface area contributed by atoms with Crippen LogP contribution in [0.3, 0.4) is 0 Å². The van der Waals surface area contributed by atoms with E-state index < -0.39 is 20.2 Å². The van der Waals surface area contributed by atoms with E-state index in [1.165, 1.54) is 12.9 Å². The number of nitrogens with zero attached hydrogens (tertiary/aromatic N) is 3. The largest absolute Gasteiger partial charge is 0.373 e. The van der Waals surface area contributed by atoms with Gasteiger partial charge in [0.15, 0.2) is 0 Å². The SMILES string of the molecule is CC1CN(S(=O)(=O)N2CCN(S(=O)(=O)c3ccc(C(C)C)cc3)CC2)CC(C)O1. The lowest BCUT2D eigenvalue weighted by Gasteiger charge is -2.40. The van der Waals surface area contributed by atoms with E-state index in [4.69, 9.17) is 4.74 Å². The van der Waals surface area contributed by atoms with Crippen molar-refractivity contribution in [3.63, 3.8) is 0 Å². The van der Waals surface area contributed by atoms with E-state index in [1.807, 2.05) is 26.0 Å². The molecule has 0 radical (unpaired) electrons. The van der Waals surface area contributed by atoms with Gasteiger partial charge < -0.3 is 4.74 Å². The van der Waals surface area contributed by atoms with E-state index in [2.05, 4.69) is 13.8 Å². The zero-order valence-corrected chi connectivity index (χ0v) is 19.1. The van der Waals surface area contributed by atoms with Gasteiger partial charge in [-0.2, -0.15) is 21.3 Å². The summed E-state index contributed by atoms with van der Waals surface area (Å²) in [6.45, 7) is 9.02. The minimum Gasteiger partial charge on any atom is -0.373 e. The second kappa shape index (κ2) is 8.60. The monoisotopic (exact) mass is 445 g/mol. The van der Waals surface area contributed by atoms with Crippen molar-refractivity contribution in [1.82, 2.24) is 12.9 Å². The molecule has 1 aromatic carbocycles. The molecule has 10 heteroatoms. The van der Waals surface area contributed by atoms with Gasteiger partial charge in [-0.25, -0.2) is 8.42 Å². The highest BCUT2D eigenvalue weighted by molar-refractivity contribution is 7.89. The van der Waals surface area contributed by atoms with Gasteiger partial charge in [-0.3, -0.25) is 0 Å². The van der Waals surface area contributed by atoms with Gasteiger partial charge in [0, 0.05) is 39.3 Å². The predicted molar refractivity (Wildman–Crippen MR) is 111 cm³/mol. The fraction of sp³-hybridized carbons (Fsp3) is 0.684. The zero-order chi connectivity index (χ0) is 21.4. The van der Waals surface area contributed by atoms with E-state index in [-0.39, 0.29) is 43.3 Å². The first-order valence-electron chi connectivity index (χ1n) is 10.0. The average molecular weight is 446 g/mol. The first-order chi connectivity index (χ1) is 13.5. The summed E-state index contributed by atoms with van der Waals surface area (Å²) < 4.78 is 61.7. The molecular weight excluding hydrogens is 414 g/mol. The smallest absolute Gasteiger partial charge is 0.282 e. The van der Waals surface area contributed by atoms with E-state index >= 15 is 0 Å². The summed E-state index contributed by atoms with van der Waals surface area (Å²) in [5.41, 5.74) is 1.08. The Morgan fingerprint density at radius 3 is 1.79 bits per heavy atom. The lowest BCUT2D eigenvalue weighted by Crippen LogP contribution is -2.57. The van der Waals surface area contributed by atoms with Crippen LogP contribution in [0.1, 0.15) is 39.2 Å². The fourth-order valence-electron chi connectivity index (χ4n) is 3.80. The maximum atomic E-state index is 13.0. The Labute approximate surface area is 174 Å². The molecule has 0 saturated carbocycles. The zero-order valence-electron chi connectivity index (χ0n) is 17.5. The second-order valence-electron chi connectivity index (χ2n) is 8.11. The Balaban J connectivity index is 1.67. The van der Waals surface area contributed by atoms with Gasteiger partial charge in [0.25, 0.3) is 10.2 Å². The van der Waals surface area contributed by atoms with Crippen LogP contribution in [0, 0.1) is 0 Å². The average Bonchev–Trinajstić information content (AvgIpc) is 2.67. The Hall–Kier alpha value is -1.04. The number of rotatable bonds is 5. The van der Waals surface area contributed by atoms with Crippen LogP contribution in [0.4, 0.5) is 0 Å². The lowest BCUT2D eigenvalue weighted by molar-refractivity contribution is -0.0456. The van der Waals surface area contributed by atoms with Crippen molar-refractivity contribution in [3.05, 3.63) is 29.8 Å². The van der Waals surface area contributed by atoms with Gasteiger partial charge in [0.05, 0.1) is 17.1 Å². The van der Waals surface area contributed by atoms with Crippen LogP contribution in [0.2, 0.25) is 0 Å². The van der Waals surface area contributed by atoms with Crippen LogP contribution in [-0.2, 0) is 25.0 Å². The van der Waals surface area contributed by atoms with Crippen LogP contribution >= 0.6 is 0 Å². The second-order valence-corrected chi connectivity index (χ2v) is 12.0. The third-order valence-electron chi connectivity index (χ3n) is 5.42. The van der Waals surface area contributed by atoms with Crippen molar-refractivity contribution in [2.75, 3.05) is 39.3 Å². The van der Waals surface area contributed by atoms with Crippen LogP contribution in [0.15, 0.2) is 29.2 Å². The van der Waals surface area contributed by atoms with E-state index in [0.29, 0.717) is 19.0 Å². The standard InChI is InChI=1S/C19H31N3O5S2/c1-15(2)18-5-7-19(8-6-18)28(23,24)20-9-11-21(12-10-20)29(25,26)22-13-16(3)27-17(4)14-22/h5-8,15-17H,9-14H2,1-4H3. The topological polar surface area (TPSA) is 87.2 Å². The number of morpholine rings is 1. The lowest BCUT2D eigenvalue weighted by atomic mass is 10.0. The van der Waals surface area contributed by atoms with Gasteiger partial charge in [0.1, 0.15) is 0 Å². The van der Waals surface area contributed by atoms with E-state index in [0.717, 1.165) is 5.56 Å². The number of ether oxygens (including phenoxy) is 1. The number of sulfonamides is 1. The number of piperazine rings is 1. The predicted octanol–water partition coefficient (Wildman–Crippen LogP) is 1.47. The van der Waals surface area contributed by atoms with Crippen molar-refractivity contribution >= 4 is 20.2 Å². The fourth-order valence-corrected chi connectivity index (χ4v) is 6.97. The summed E-state index contributed by atoms with van der Waals surface area (Å²) in [4.78, 5) is 0.244. The first kappa shape index (κ1) is 22.6. The molecule has 0 spiro atoms. The first-order valence-corrected chi connectivity index (χ1v) is 12.9. The highest BCUT2D eigenvalue weighted by atomic mass is 32.2. The Morgan fingerprint density at radius 1 is 0.828 bits per heavy atom. The van der Waals surface area contributed by atoms with Crippen molar-refractivity contribution in [2.24, 2.45) is 0 Å². The van der Waals surface area contributed by atoms with Gasteiger partial charge in [-0.05, 0) is 37.5 Å². The molecule has 1 aromatic rings. The third kappa shape index (κ3) is 4.83. The van der Waals surface area contributed by atoms with Gasteiger partial charge in [-0.15, -0.1) is 0 Å². The quantitative estimate of drug-likeness (QED) is 0.685. The van der Waals surface area contributed by atoms with Crippen molar-refractivity contribution < 1.29 is 21.6 Å². The molecule has 29 heavy (non-hydrogen) atoms. The molecule has 0 bridgehead atoms. The van der Waals surface area contributed by atoms with Crippen LogP contribution < -0.4 is 0 Å². The van der Waals surface area contributed by atoms with Crippen LogP contribution in [0.5, 0.6) is 0 Å². The Bertz CT molecular complexity index is 898. The van der Waals surface area contributed by atoms with Crippen molar-refractivity contribution in [1.29, 1.82) is 0 Å². The maximum Gasteiger partial charge on any atom is 0.282 e. The molecule has 0 amide bonds. The summed E-state index contributed by atoms with van der Waals surface area (Å²) >= 11 is 0. The minimum absolute atomic E-state index is 0.142. The number of benzene rings is 1. The molecule has 2 saturated heterocycles. The number of hydrogen-bond donors (Lipinski definition) is 0. The summed E-state index contributed by atoms with van der Waals surface area (Å²) in [5.74, 6) is 0.325. The Kier molecular flexibility index (Phi) is 6.72. The molecule has 2 heterocycles. The van der Waals surface area contributed by atoms with Gasteiger partial charge in [-0.1, -0.05) is 26.0 Å². The normalized spacial score (nSPS) is 26.1. The summed E-state index contributed by atoms with van der Waals surface area (Å²) in [7, 11) is -7.27.